The van der Waals surface area contributed by atoms with Gasteiger partial charge in [0.05, 0.1) is 19.5 Å². The summed E-state index contributed by atoms with van der Waals surface area (Å²) in [4.78, 5) is 13.4. The average Bonchev–Trinajstić information content (AvgIpc) is 3.12. The second kappa shape index (κ2) is 8.05. The molecule has 1 aliphatic rings. The van der Waals surface area contributed by atoms with Crippen LogP contribution in [-0.4, -0.2) is 37.3 Å². The zero-order valence-corrected chi connectivity index (χ0v) is 14.0. The molecule has 0 atom stereocenters. The van der Waals surface area contributed by atoms with Crippen LogP contribution in [0.15, 0.2) is 47.1 Å². The molecule has 7 heteroatoms. The molecular weight excluding hydrogens is 326 g/mol. The predicted octanol–water partition coefficient (Wildman–Crippen LogP) is 0.822. The number of carbonyl (C=O) groups is 1. The summed E-state index contributed by atoms with van der Waals surface area (Å²) < 4.78 is 10.4. The van der Waals surface area contributed by atoms with Gasteiger partial charge in [0.2, 0.25) is 0 Å². The number of morpholine rings is 1. The minimum atomic E-state index is -0.370. The number of anilines is 1. The number of rotatable bonds is 4. The summed E-state index contributed by atoms with van der Waals surface area (Å²) >= 11 is 5.15. The molecule has 0 unspecified atom stereocenters. The van der Waals surface area contributed by atoms with Crippen molar-refractivity contribution >= 4 is 28.9 Å². The van der Waals surface area contributed by atoms with E-state index >= 15 is 0 Å². The number of nitrogens with one attached hydrogen (secondary N) is 3. The van der Waals surface area contributed by atoms with Gasteiger partial charge in [-0.25, -0.2) is 0 Å². The van der Waals surface area contributed by atoms with Crippen LogP contribution in [0.5, 0.6) is 0 Å². The summed E-state index contributed by atoms with van der Waals surface area (Å²) in [7, 11) is 0. The number of furan rings is 1. The Kier molecular flexibility index (Phi) is 5.58. The molecular formula is C17H20N3O3S+. The lowest BCUT2D eigenvalue weighted by Gasteiger charge is -2.23. The highest BCUT2D eigenvalue weighted by Gasteiger charge is 2.14. The molecule has 6 nitrogen and oxygen atoms in total. The van der Waals surface area contributed by atoms with Gasteiger partial charge in [-0.15, -0.1) is 0 Å². The Morgan fingerprint density at radius 3 is 2.58 bits per heavy atom. The molecule has 2 heterocycles. The molecule has 1 aliphatic heterocycles. The van der Waals surface area contributed by atoms with Crippen molar-refractivity contribution in [2.75, 3.05) is 31.6 Å². The highest BCUT2D eigenvalue weighted by molar-refractivity contribution is 7.80. The molecule has 1 saturated heterocycles. The molecule has 1 aromatic carbocycles. The van der Waals surface area contributed by atoms with Crippen molar-refractivity contribution in [2.24, 2.45) is 0 Å². The SMILES string of the molecule is O=C(NC(=S)Nc1ccc(C[NH+]2CCOCC2)cc1)c1ccco1. The van der Waals surface area contributed by atoms with Gasteiger partial charge >= 0.3 is 0 Å². The first-order valence-electron chi connectivity index (χ1n) is 7.87. The first kappa shape index (κ1) is 16.6. The van der Waals surface area contributed by atoms with Crippen LogP contribution in [0.4, 0.5) is 5.69 Å². The van der Waals surface area contributed by atoms with Crippen LogP contribution in [0.3, 0.4) is 0 Å². The smallest absolute Gasteiger partial charge is 0.293 e. The van der Waals surface area contributed by atoms with Crippen molar-refractivity contribution in [3.05, 3.63) is 54.0 Å². The second-order valence-electron chi connectivity index (χ2n) is 5.62. The largest absolute Gasteiger partial charge is 0.459 e. The van der Waals surface area contributed by atoms with E-state index in [9.17, 15) is 4.79 Å². The van der Waals surface area contributed by atoms with E-state index in [1.165, 1.54) is 16.7 Å². The number of hydrogen-bond donors (Lipinski definition) is 3. The van der Waals surface area contributed by atoms with Crippen LogP contribution < -0.4 is 15.5 Å². The topological polar surface area (TPSA) is 67.9 Å². The van der Waals surface area contributed by atoms with Gasteiger partial charge in [0.25, 0.3) is 5.91 Å². The van der Waals surface area contributed by atoms with Gasteiger partial charge in [0.15, 0.2) is 10.9 Å². The molecule has 24 heavy (non-hydrogen) atoms. The third kappa shape index (κ3) is 4.64. The number of hydrogen-bond acceptors (Lipinski definition) is 4. The summed E-state index contributed by atoms with van der Waals surface area (Å²) in [6.45, 7) is 4.74. The standard InChI is InChI=1S/C17H19N3O3S/c21-16(15-2-1-9-23-15)19-17(24)18-14-5-3-13(4-6-14)12-20-7-10-22-11-8-20/h1-6,9H,7-8,10-12H2,(H2,18,19,21,24)/p+1. The number of benzene rings is 1. The number of carbonyl (C=O) groups excluding carboxylic acids is 1. The lowest BCUT2D eigenvalue weighted by atomic mass is 10.2. The fourth-order valence-corrected chi connectivity index (χ4v) is 2.78. The maximum absolute atomic E-state index is 11.8. The molecule has 0 spiro atoms. The molecule has 126 valence electrons. The first-order chi connectivity index (χ1) is 11.7. The molecule has 2 aromatic rings. The molecule has 1 amide bonds. The lowest BCUT2D eigenvalue weighted by molar-refractivity contribution is -0.921. The van der Waals surface area contributed by atoms with Gasteiger partial charge in [0, 0.05) is 11.3 Å². The van der Waals surface area contributed by atoms with Crippen molar-refractivity contribution in [3.8, 4) is 0 Å². The van der Waals surface area contributed by atoms with Crippen LogP contribution in [0.2, 0.25) is 0 Å². The van der Waals surface area contributed by atoms with Crippen molar-refractivity contribution in [1.29, 1.82) is 0 Å². The monoisotopic (exact) mass is 346 g/mol. The maximum atomic E-state index is 11.8. The van der Waals surface area contributed by atoms with Gasteiger partial charge in [-0.1, -0.05) is 12.1 Å². The summed E-state index contributed by atoms with van der Waals surface area (Å²) in [5.41, 5.74) is 2.10. The third-order valence-corrected chi connectivity index (χ3v) is 4.04. The van der Waals surface area contributed by atoms with Crippen LogP contribution in [0.25, 0.3) is 0 Å². The van der Waals surface area contributed by atoms with E-state index in [0.717, 1.165) is 38.5 Å². The number of quaternary nitrogens is 1. The minimum absolute atomic E-state index is 0.225. The Morgan fingerprint density at radius 1 is 1.17 bits per heavy atom. The Bertz CT molecular complexity index is 680. The van der Waals surface area contributed by atoms with Gasteiger partial charge in [-0.2, -0.15) is 0 Å². The zero-order chi connectivity index (χ0) is 16.8. The van der Waals surface area contributed by atoms with Crippen LogP contribution >= 0.6 is 12.2 Å². The molecule has 0 bridgehead atoms. The Morgan fingerprint density at radius 2 is 1.92 bits per heavy atom. The first-order valence-corrected chi connectivity index (χ1v) is 8.27. The lowest BCUT2D eigenvalue weighted by Crippen LogP contribution is -3.12. The number of amides is 1. The molecule has 1 aromatic heterocycles. The highest BCUT2D eigenvalue weighted by atomic mass is 32.1. The van der Waals surface area contributed by atoms with E-state index in [4.69, 9.17) is 21.4 Å². The van der Waals surface area contributed by atoms with Crippen molar-refractivity contribution in [2.45, 2.75) is 6.54 Å². The molecule has 1 fully saturated rings. The Labute approximate surface area is 145 Å². The van der Waals surface area contributed by atoms with Gasteiger partial charge in [-0.3, -0.25) is 10.1 Å². The van der Waals surface area contributed by atoms with Crippen LogP contribution in [-0.2, 0) is 11.3 Å². The predicted molar refractivity (Wildman–Crippen MR) is 94.1 cm³/mol. The normalized spacial score (nSPS) is 15.0. The Balaban J connectivity index is 1.50. The van der Waals surface area contributed by atoms with Crippen molar-refractivity contribution in [1.82, 2.24) is 5.32 Å². The quantitative estimate of drug-likeness (QED) is 0.716. The summed E-state index contributed by atoms with van der Waals surface area (Å²) in [5.74, 6) is -0.145. The number of thiocarbonyl (C=S) groups is 1. The molecule has 3 N–H and O–H groups in total. The Hall–Kier alpha value is -2.22. The minimum Gasteiger partial charge on any atom is -0.459 e. The van der Waals surface area contributed by atoms with Crippen LogP contribution in [0.1, 0.15) is 16.1 Å². The van der Waals surface area contributed by atoms with E-state index in [1.54, 1.807) is 12.1 Å². The average molecular weight is 346 g/mol. The van der Waals surface area contributed by atoms with Crippen molar-refractivity contribution in [3.63, 3.8) is 0 Å². The van der Waals surface area contributed by atoms with Gasteiger partial charge in [-0.05, 0) is 36.5 Å². The van der Waals surface area contributed by atoms with Crippen molar-refractivity contribution < 1.29 is 18.8 Å². The zero-order valence-electron chi connectivity index (χ0n) is 13.2. The molecule has 0 saturated carbocycles. The third-order valence-electron chi connectivity index (χ3n) is 3.84. The maximum Gasteiger partial charge on any atom is 0.293 e. The summed E-state index contributed by atoms with van der Waals surface area (Å²) in [6.07, 6.45) is 1.45. The van der Waals surface area contributed by atoms with E-state index in [2.05, 4.69) is 22.8 Å². The highest BCUT2D eigenvalue weighted by Crippen LogP contribution is 2.09. The van der Waals surface area contributed by atoms with E-state index in [0.29, 0.717) is 0 Å². The van der Waals surface area contributed by atoms with E-state index in [-0.39, 0.29) is 16.8 Å². The van der Waals surface area contributed by atoms with Crippen LogP contribution in [0, 0.1) is 0 Å². The molecule has 0 radical (unpaired) electrons. The molecule has 3 rings (SSSR count). The van der Waals surface area contributed by atoms with Gasteiger partial charge in [0.1, 0.15) is 19.6 Å². The van der Waals surface area contributed by atoms with E-state index in [1.807, 2.05) is 12.1 Å². The fourth-order valence-electron chi connectivity index (χ4n) is 2.57. The number of ether oxygens (including phenoxy) is 1. The van der Waals surface area contributed by atoms with E-state index < -0.39 is 0 Å². The fraction of sp³-hybridized carbons (Fsp3) is 0.294. The summed E-state index contributed by atoms with van der Waals surface area (Å²) in [5, 5.41) is 5.82. The summed E-state index contributed by atoms with van der Waals surface area (Å²) in [6, 6.07) is 11.3. The van der Waals surface area contributed by atoms with Gasteiger partial charge < -0.3 is 19.4 Å². The molecule has 0 aliphatic carbocycles. The second-order valence-corrected chi connectivity index (χ2v) is 6.03.